The zero-order chi connectivity index (χ0) is 15.2. The molecule has 0 spiro atoms. The summed E-state index contributed by atoms with van der Waals surface area (Å²) in [5.41, 5.74) is 5.36. The van der Waals surface area contributed by atoms with E-state index in [4.69, 9.17) is 5.73 Å². The van der Waals surface area contributed by atoms with Crippen molar-refractivity contribution in [1.29, 1.82) is 0 Å². The van der Waals surface area contributed by atoms with Gasteiger partial charge < -0.3 is 11.1 Å². The number of benzene rings is 1. The molecule has 0 unspecified atom stereocenters. The summed E-state index contributed by atoms with van der Waals surface area (Å²) in [5.74, 6) is 3.04. The Kier molecular flexibility index (Phi) is 4.59. The van der Waals surface area contributed by atoms with Crippen LogP contribution in [-0.2, 0) is 0 Å². The lowest BCUT2D eigenvalue weighted by Crippen LogP contribution is -2.15. The van der Waals surface area contributed by atoms with Gasteiger partial charge in [0.25, 0.3) is 5.91 Å². The summed E-state index contributed by atoms with van der Waals surface area (Å²) in [7, 11) is 0. The standard InChI is InChI=1S/C15H11F2N3O/c16-12-8-10(2-1-6-18)3-4-11(12)15(21)20-14-5-7-19-9-13(14)17/h3-5,7-9H,6,18H2,(H,19,20,21). The van der Waals surface area contributed by atoms with E-state index in [2.05, 4.69) is 22.1 Å². The normalized spacial score (nSPS) is 9.67. The first-order chi connectivity index (χ1) is 10.1. The molecule has 21 heavy (non-hydrogen) atoms. The maximum atomic E-state index is 13.9. The predicted molar refractivity (Wildman–Crippen MR) is 74.5 cm³/mol. The molecule has 2 rings (SSSR count). The van der Waals surface area contributed by atoms with Gasteiger partial charge in [0.15, 0.2) is 5.82 Å². The van der Waals surface area contributed by atoms with E-state index in [0.29, 0.717) is 5.56 Å². The van der Waals surface area contributed by atoms with Crippen LogP contribution in [0, 0.1) is 23.5 Å². The molecule has 0 radical (unpaired) electrons. The molecule has 4 nitrogen and oxygen atoms in total. The Hall–Kier alpha value is -2.78. The van der Waals surface area contributed by atoms with Gasteiger partial charge in [-0.3, -0.25) is 9.78 Å². The number of carbonyl (C=O) groups is 1. The van der Waals surface area contributed by atoms with Crippen LogP contribution in [0.3, 0.4) is 0 Å². The van der Waals surface area contributed by atoms with Crippen molar-refractivity contribution in [2.24, 2.45) is 5.73 Å². The highest BCUT2D eigenvalue weighted by Gasteiger charge is 2.13. The number of aromatic nitrogens is 1. The van der Waals surface area contributed by atoms with Crippen LogP contribution in [-0.4, -0.2) is 17.4 Å². The lowest BCUT2D eigenvalue weighted by Gasteiger charge is -2.07. The maximum absolute atomic E-state index is 13.9. The van der Waals surface area contributed by atoms with E-state index in [1.165, 1.54) is 24.4 Å². The lowest BCUT2D eigenvalue weighted by atomic mass is 10.1. The van der Waals surface area contributed by atoms with Gasteiger partial charge in [-0.15, -0.1) is 0 Å². The zero-order valence-corrected chi connectivity index (χ0v) is 10.9. The molecule has 0 aliphatic carbocycles. The first kappa shape index (κ1) is 14.6. The minimum atomic E-state index is -0.754. The van der Waals surface area contributed by atoms with Crippen molar-refractivity contribution >= 4 is 11.6 Å². The predicted octanol–water partition coefficient (Wildman–Crippen LogP) is 1.92. The van der Waals surface area contributed by atoms with Gasteiger partial charge in [-0.25, -0.2) is 8.78 Å². The van der Waals surface area contributed by atoms with Crippen LogP contribution in [0.25, 0.3) is 0 Å². The summed E-state index contributed by atoms with van der Waals surface area (Å²) in [4.78, 5) is 15.5. The third kappa shape index (κ3) is 3.61. The molecule has 0 atom stereocenters. The molecule has 0 saturated heterocycles. The van der Waals surface area contributed by atoms with Crippen molar-refractivity contribution < 1.29 is 13.6 Å². The molecule has 1 amide bonds. The second kappa shape index (κ2) is 6.59. The summed E-state index contributed by atoms with van der Waals surface area (Å²) >= 11 is 0. The number of rotatable bonds is 2. The summed E-state index contributed by atoms with van der Waals surface area (Å²) in [6.07, 6.45) is 2.28. The van der Waals surface area contributed by atoms with E-state index in [9.17, 15) is 13.6 Å². The van der Waals surface area contributed by atoms with Crippen LogP contribution in [0.4, 0.5) is 14.5 Å². The molecule has 1 aromatic heterocycles. The molecule has 2 aromatic rings. The molecule has 3 N–H and O–H groups in total. The fourth-order valence-electron chi connectivity index (χ4n) is 1.60. The monoisotopic (exact) mass is 287 g/mol. The van der Waals surface area contributed by atoms with Gasteiger partial charge in [-0.05, 0) is 24.3 Å². The second-order valence-electron chi connectivity index (χ2n) is 4.01. The highest BCUT2D eigenvalue weighted by Crippen LogP contribution is 2.15. The largest absolute Gasteiger partial charge is 0.320 e. The molecule has 0 fully saturated rings. The Labute approximate surface area is 120 Å². The number of pyridine rings is 1. The topological polar surface area (TPSA) is 68.0 Å². The number of anilines is 1. The van der Waals surface area contributed by atoms with Crippen LogP contribution in [0.1, 0.15) is 15.9 Å². The van der Waals surface area contributed by atoms with E-state index in [0.717, 1.165) is 12.3 Å². The van der Waals surface area contributed by atoms with E-state index >= 15 is 0 Å². The van der Waals surface area contributed by atoms with Gasteiger partial charge in [0, 0.05) is 11.8 Å². The number of nitrogens with two attached hydrogens (primary N) is 1. The van der Waals surface area contributed by atoms with Crippen molar-refractivity contribution in [3.05, 3.63) is 59.4 Å². The van der Waals surface area contributed by atoms with Gasteiger partial charge in [0.05, 0.1) is 24.0 Å². The molecule has 0 bridgehead atoms. The summed E-state index contributed by atoms with van der Waals surface area (Å²) in [5, 5.41) is 2.28. The van der Waals surface area contributed by atoms with Crippen LogP contribution in [0.5, 0.6) is 0 Å². The first-order valence-corrected chi connectivity index (χ1v) is 6.01. The van der Waals surface area contributed by atoms with Crippen molar-refractivity contribution in [3.63, 3.8) is 0 Å². The molecular formula is C15H11F2N3O. The molecule has 1 heterocycles. The Morgan fingerprint density at radius 1 is 1.29 bits per heavy atom. The average Bonchev–Trinajstić information content (AvgIpc) is 2.47. The lowest BCUT2D eigenvalue weighted by molar-refractivity contribution is 0.102. The van der Waals surface area contributed by atoms with Crippen LogP contribution >= 0.6 is 0 Å². The van der Waals surface area contributed by atoms with E-state index in [1.807, 2.05) is 0 Å². The first-order valence-electron chi connectivity index (χ1n) is 6.01. The number of halogens is 2. The summed E-state index contributed by atoms with van der Waals surface area (Å²) < 4.78 is 27.2. The van der Waals surface area contributed by atoms with Gasteiger partial charge >= 0.3 is 0 Å². The SMILES string of the molecule is NCC#Cc1ccc(C(=O)Nc2ccncc2F)c(F)c1. The summed E-state index contributed by atoms with van der Waals surface area (Å²) in [6.45, 7) is 0.158. The Balaban J connectivity index is 2.22. The van der Waals surface area contributed by atoms with Crippen LogP contribution in [0.2, 0.25) is 0 Å². The molecule has 106 valence electrons. The highest BCUT2D eigenvalue weighted by atomic mass is 19.1. The molecule has 6 heteroatoms. The minimum absolute atomic E-state index is 0.0681. The smallest absolute Gasteiger partial charge is 0.258 e. The number of hydrogen-bond donors (Lipinski definition) is 2. The Bertz CT molecular complexity index is 735. The quantitative estimate of drug-likeness (QED) is 0.829. The zero-order valence-electron chi connectivity index (χ0n) is 10.9. The van der Waals surface area contributed by atoms with E-state index in [1.54, 1.807) is 0 Å². The molecular weight excluding hydrogens is 276 g/mol. The van der Waals surface area contributed by atoms with Crippen LogP contribution < -0.4 is 11.1 Å². The van der Waals surface area contributed by atoms with Gasteiger partial charge in [0.1, 0.15) is 5.82 Å². The number of amides is 1. The van der Waals surface area contributed by atoms with Gasteiger partial charge in [-0.2, -0.15) is 0 Å². The number of hydrogen-bond acceptors (Lipinski definition) is 3. The molecule has 1 aromatic carbocycles. The molecule has 0 saturated carbocycles. The third-order valence-electron chi connectivity index (χ3n) is 2.57. The summed E-state index contributed by atoms with van der Waals surface area (Å²) in [6, 6.07) is 5.18. The van der Waals surface area contributed by atoms with Gasteiger partial charge in [-0.1, -0.05) is 11.8 Å². The van der Waals surface area contributed by atoms with Crippen molar-refractivity contribution in [2.45, 2.75) is 0 Å². The minimum Gasteiger partial charge on any atom is -0.320 e. The molecule has 0 aliphatic heterocycles. The number of carbonyl (C=O) groups excluding carboxylic acids is 1. The van der Waals surface area contributed by atoms with E-state index in [-0.39, 0.29) is 17.8 Å². The second-order valence-corrected chi connectivity index (χ2v) is 4.01. The van der Waals surface area contributed by atoms with Gasteiger partial charge in [0.2, 0.25) is 0 Å². The Morgan fingerprint density at radius 3 is 2.76 bits per heavy atom. The van der Waals surface area contributed by atoms with E-state index < -0.39 is 17.5 Å². The van der Waals surface area contributed by atoms with Crippen LogP contribution in [0.15, 0.2) is 36.7 Å². The average molecular weight is 287 g/mol. The molecule has 0 aliphatic rings. The van der Waals surface area contributed by atoms with Crippen molar-refractivity contribution in [1.82, 2.24) is 4.98 Å². The maximum Gasteiger partial charge on any atom is 0.258 e. The number of nitrogens with zero attached hydrogens (tertiary/aromatic N) is 1. The third-order valence-corrected chi connectivity index (χ3v) is 2.57. The number of nitrogens with one attached hydrogen (secondary N) is 1. The highest BCUT2D eigenvalue weighted by molar-refractivity contribution is 6.04. The Morgan fingerprint density at radius 2 is 2.10 bits per heavy atom. The van der Waals surface area contributed by atoms with Crippen molar-refractivity contribution in [3.8, 4) is 11.8 Å². The fraction of sp³-hybridized carbons (Fsp3) is 0.0667. The fourth-order valence-corrected chi connectivity index (χ4v) is 1.60. The van der Waals surface area contributed by atoms with Crippen molar-refractivity contribution in [2.75, 3.05) is 11.9 Å².